The molecule has 5 atom stereocenters. The number of aromatic nitrogens is 3. The van der Waals surface area contributed by atoms with Gasteiger partial charge in [0.1, 0.15) is 30.2 Å². The maximum atomic E-state index is 14.0. The van der Waals surface area contributed by atoms with Crippen molar-refractivity contribution in [2.24, 2.45) is 0 Å². The zero-order chi connectivity index (χ0) is 21.6. The fourth-order valence-corrected chi connectivity index (χ4v) is 4.47. The Morgan fingerprint density at radius 3 is 2.80 bits per heavy atom. The predicted molar refractivity (Wildman–Crippen MR) is 105 cm³/mol. The summed E-state index contributed by atoms with van der Waals surface area (Å²) in [5.41, 5.74) is 6.98. The van der Waals surface area contributed by atoms with Crippen LogP contribution in [0.25, 0.3) is 5.52 Å². The van der Waals surface area contributed by atoms with E-state index in [1.165, 1.54) is 10.8 Å². The van der Waals surface area contributed by atoms with Crippen LogP contribution >= 0.6 is 0 Å². The summed E-state index contributed by atoms with van der Waals surface area (Å²) in [5.74, 6) is -2.40. The number of hydrogen-bond acceptors (Lipinski definition) is 8. The molecule has 0 unspecified atom stereocenters. The van der Waals surface area contributed by atoms with Crippen LogP contribution in [0.5, 0.6) is 0 Å². The van der Waals surface area contributed by atoms with Gasteiger partial charge >= 0.3 is 0 Å². The molecule has 30 heavy (non-hydrogen) atoms. The smallest absolute Gasteiger partial charge is 0.250 e. The maximum absolute atomic E-state index is 14.0. The highest BCUT2D eigenvalue weighted by atomic mass is 19.3. The Balaban J connectivity index is 1.52. The summed E-state index contributed by atoms with van der Waals surface area (Å²) in [6.45, 7) is 0.935. The zero-order valence-corrected chi connectivity index (χ0v) is 17.0. The summed E-state index contributed by atoms with van der Waals surface area (Å²) in [4.78, 5) is 7.74. The number of nitrogens with two attached hydrogens (primary N) is 1. The Labute approximate surface area is 173 Å². The van der Waals surface area contributed by atoms with E-state index < -0.39 is 30.3 Å². The highest BCUT2D eigenvalue weighted by molar-refractivity contribution is 5.65. The molecule has 2 aromatic rings. The van der Waals surface area contributed by atoms with E-state index in [0.29, 0.717) is 23.6 Å². The molecule has 2 aromatic heterocycles. The molecular formula is C19H28F2N6O3. The lowest BCUT2D eigenvalue weighted by Crippen LogP contribution is -2.54. The number of alkyl halides is 2. The van der Waals surface area contributed by atoms with Gasteiger partial charge < -0.3 is 25.6 Å². The first-order chi connectivity index (χ1) is 14.2. The lowest BCUT2D eigenvalue weighted by molar-refractivity contribution is -0.0974. The van der Waals surface area contributed by atoms with Crippen LogP contribution < -0.4 is 5.73 Å². The minimum absolute atomic E-state index is 0.205. The molecule has 0 radical (unpaired) electrons. The zero-order valence-electron chi connectivity index (χ0n) is 17.0. The molecule has 166 valence electrons. The van der Waals surface area contributed by atoms with Gasteiger partial charge in [-0.25, -0.2) is 18.3 Å². The number of anilines is 1. The number of ether oxygens (including phenoxy) is 1. The summed E-state index contributed by atoms with van der Waals surface area (Å²) in [7, 11) is 3.69. The topological polar surface area (TPSA) is 112 Å². The maximum Gasteiger partial charge on any atom is 0.250 e. The second-order valence-corrected chi connectivity index (χ2v) is 8.50. The number of nitrogen functional groups attached to an aromatic ring is 1. The summed E-state index contributed by atoms with van der Waals surface area (Å²) < 4.78 is 35.5. The average molecular weight is 426 g/mol. The van der Waals surface area contributed by atoms with Crippen LogP contribution in [-0.2, 0) is 4.74 Å². The fourth-order valence-electron chi connectivity index (χ4n) is 4.47. The molecule has 4 heterocycles. The van der Waals surface area contributed by atoms with Crippen molar-refractivity contribution in [1.29, 1.82) is 0 Å². The second-order valence-electron chi connectivity index (χ2n) is 8.50. The Bertz CT molecular complexity index is 894. The van der Waals surface area contributed by atoms with E-state index in [9.17, 15) is 19.0 Å². The largest absolute Gasteiger partial charge is 0.388 e. The molecular weight excluding hydrogens is 398 g/mol. The summed E-state index contributed by atoms with van der Waals surface area (Å²) in [6, 6.07) is 3.08. The van der Waals surface area contributed by atoms with E-state index in [0.717, 1.165) is 0 Å². The third-order valence-corrected chi connectivity index (χ3v) is 5.97. The molecule has 0 amide bonds. The van der Waals surface area contributed by atoms with Crippen molar-refractivity contribution in [2.45, 2.75) is 49.2 Å². The number of rotatable bonds is 5. The van der Waals surface area contributed by atoms with Crippen molar-refractivity contribution in [2.75, 3.05) is 39.5 Å². The van der Waals surface area contributed by atoms with Gasteiger partial charge in [0.15, 0.2) is 5.82 Å². The summed E-state index contributed by atoms with van der Waals surface area (Å²) >= 11 is 0. The second kappa shape index (κ2) is 7.97. The highest BCUT2D eigenvalue weighted by Crippen LogP contribution is 2.37. The molecule has 0 bridgehead atoms. The number of likely N-dealkylation sites (N-methyl/N-ethyl adjacent to an activating group) is 1. The number of halogens is 2. The van der Waals surface area contributed by atoms with Crippen LogP contribution in [0.15, 0.2) is 18.5 Å². The first kappa shape index (κ1) is 21.3. The molecule has 0 saturated carbocycles. The minimum atomic E-state index is -2.70. The van der Waals surface area contributed by atoms with Gasteiger partial charge in [0.25, 0.3) is 5.92 Å². The molecule has 2 fully saturated rings. The third-order valence-electron chi connectivity index (χ3n) is 5.97. The molecule has 0 aliphatic carbocycles. The van der Waals surface area contributed by atoms with Crippen LogP contribution in [0.1, 0.15) is 24.6 Å². The molecule has 2 aliphatic rings. The predicted octanol–water partition coefficient (Wildman–Crippen LogP) is 0.135. The SMILES string of the molecule is CN(C)C[C@@H]1CC(F)(F)CCN1C[C@H]1O[C@@H](c2ccc3c(N)ncnn23)[C@H](O)[C@@H]1O. The van der Waals surface area contributed by atoms with Crippen LogP contribution in [0.4, 0.5) is 14.6 Å². The van der Waals surface area contributed by atoms with Gasteiger partial charge in [0.05, 0.1) is 11.8 Å². The molecule has 11 heteroatoms. The number of aliphatic hydroxyl groups excluding tert-OH is 2. The van der Waals surface area contributed by atoms with Crippen molar-refractivity contribution >= 4 is 11.3 Å². The number of nitrogens with zero attached hydrogens (tertiary/aromatic N) is 5. The summed E-state index contributed by atoms with van der Waals surface area (Å²) in [5, 5.41) is 25.4. The van der Waals surface area contributed by atoms with Gasteiger partial charge in [0.2, 0.25) is 0 Å². The highest BCUT2D eigenvalue weighted by Gasteiger charge is 2.47. The Kier molecular flexibility index (Phi) is 5.66. The van der Waals surface area contributed by atoms with Crippen molar-refractivity contribution in [3.8, 4) is 0 Å². The molecule has 0 spiro atoms. The van der Waals surface area contributed by atoms with E-state index in [4.69, 9.17) is 10.5 Å². The molecule has 2 aliphatic heterocycles. The van der Waals surface area contributed by atoms with Crippen LogP contribution in [0, 0.1) is 0 Å². The number of hydrogen-bond donors (Lipinski definition) is 3. The Morgan fingerprint density at radius 2 is 2.07 bits per heavy atom. The van der Waals surface area contributed by atoms with Gasteiger partial charge in [-0.3, -0.25) is 4.90 Å². The number of piperidine rings is 1. The van der Waals surface area contributed by atoms with Crippen LogP contribution in [0.2, 0.25) is 0 Å². The van der Waals surface area contributed by atoms with Gasteiger partial charge in [0, 0.05) is 38.5 Å². The average Bonchev–Trinajstić information content (AvgIpc) is 3.20. The standard InChI is InChI=1S/C19H28F2N6O3/c1-25(2)8-11-7-19(20,21)5-6-26(11)9-14-15(28)16(29)17(30-14)12-3-4-13-18(22)23-10-24-27(12)13/h3-4,10-11,14-17,28-29H,5-9H2,1-2H3,(H2,22,23,24)/t11-,14+,15+,16+,17-/m0/s1. The van der Waals surface area contributed by atoms with E-state index >= 15 is 0 Å². The number of likely N-dealkylation sites (tertiary alicyclic amines) is 1. The Morgan fingerprint density at radius 1 is 1.30 bits per heavy atom. The number of fused-ring (bicyclic) bond motifs is 1. The molecule has 4 N–H and O–H groups in total. The number of aliphatic hydroxyl groups is 2. The van der Waals surface area contributed by atoms with Gasteiger partial charge in [-0.1, -0.05) is 0 Å². The van der Waals surface area contributed by atoms with Crippen molar-refractivity contribution in [3.05, 3.63) is 24.2 Å². The van der Waals surface area contributed by atoms with E-state index in [1.807, 2.05) is 23.9 Å². The lowest BCUT2D eigenvalue weighted by atomic mass is 9.96. The lowest BCUT2D eigenvalue weighted by Gasteiger charge is -2.41. The molecule has 2 saturated heterocycles. The third kappa shape index (κ3) is 4.00. The van der Waals surface area contributed by atoms with Gasteiger partial charge in [-0.15, -0.1) is 0 Å². The van der Waals surface area contributed by atoms with Crippen LogP contribution in [-0.4, -0.2) is 98.6 Å². The monoisotopic (exact) mass is 426 g/mol. The van der Waals surface area contributed by atoms with E-state index in [-0.39, 0.29) is 32.0 Å². The summed E-state index contributed by atoms with van der Waals surface area (Å²) in [6.07, 6.45) is -3.03. The fraction of sp³-hybridized carbons (Fsp3) is 0.684. The molecule has 4 rings (SSSR count). The van der Waals surface area contributed by atoms with E-state index in [1.54, 1.807) is 12.1 Å². The molecule has 9 nitrogen and oxygen atoms in total. The van der Waals surface area contributed by atoms with Crippen molar-refractivity contribution < 1.29 is 23.7 Å². The normalized spacial score (nSPS) is 32.3. The van der Waals surface area contributed by atoms with Crippen molar-refractivity contribution in [3.63, 3.8) is 0 Å². The van der Waals surface area contributed by atoms with Crippen molar-refractivity contribution in [1.82, 2.24) is 24.4 Å². The van der Waals surface area contributed by atoms with E-state index in [2.05, 4.69) is 10.1 Å². The Hall–Kier alpha value is -1.92. The molecule has 0 aromatic carbocycles. The van der Waals surface area contributed by atoms with Crippen LogP contribution in [0.3, 0.4) is 0 Å². The first-order valence-electron chi connectivity index (χ1n) is 10.0. The minimum Gasteiger partial charge on any atom is -0.388 e. The van der Waals surface area contributed by atoms with Gasteiger partial charge in [-0.2, -0.15) is 5.10 Å². The first-order valence-corrected chi connectivity index (χ1v) is 10.0. The van der Waals surface area contributed by atoms with Gasteiger partial charge in [-0.05, 0) is 26.2 Å². The quantitative estimate of drug-likeness (QED) is 0.619.